The fourth-order valence-electron chi connectivity index (χ4n) is 8.46. The number of imidazole rings is 1. The molecule has 2 saturated heterocycles. The fraction of sp³-hybridized carbons (Fsp3) is 0.395. The van der Waals surface area contributed by atoms with E-state index in [9.17, 15) is 19.2 Å². The molecule has 0 saturated carbocycles. The number of fused-ring (bicyclic) bond motifs is 3. The lowest BCUT2D eigenvalue weighted by atomic mass is 10.1. The molecule has 14 heteroatoms. The van der Waals surface area contributed by atoms with Crippen molar-refractivity contribution in [3.05, 3.63) is 93.8 Å². The molecule has 2 aliphatic rings. The lowest BCUT2D eigenvalue weighted by Crippen LogP contribution is -2.44. The molecule has 2 atom stereocenters. The number of halogens is 1. The van der Waals surface area contributed by atoms with E-state index in [2.05, 4.69) is 38.6 Å². The molecule has 2 aliphatic heterocycles. The molecule has 2 aromatic carbocycles. The lowest BCUT2D eigenvalue weighted by molar-refractivity contribution is -0.135. The molecular formula is C43H48ClN9O4. The minimum atomic E-state index is -0.724. The molecule has 0 radical (unpaired) electrons. The zero-order chi connectivity index (χ0) is 39.8. The number of unbranched alkanes of at least 4 members (excludes halogenated alkanes) is 5. The number of carbonyl (C=O) groups excluding carboxylic acids is 3. The van der Waals surface area contributed by atoms with Crippen LogP contribution in [0.25, 0.3) is 37.9 Å². The van der Waals surface area contributed by atoms with Crippen molar-refractivity contribution in [2.24, 2.45) is 7.05 Å². The van der Waals surface area contributed by atoms with Gasteiger partial charge in [0.15, 0.2) is 0 Å². The van der Waals surface area contributed by atoms with Crippen LogP contribution in [0.1, 0.15) is 104 Å². The first-order chi connectivity index (χ1) is 27.5. The van der Waals surface area contributed by atoms with Crippen molar-refractivity contribution >= 4 is 73.0 Å². The highest BCUT2D eigenvalue weighted by Crippen LogP contribution is 2.32. The molecule has 6 aromatic rings. The number of carbonyl (C=O) groups is 3. The summed E-state index contributed by atoms with van der Waals surface area (Å²) in [7, 11) is 3.83. The number of aromatic nitrogens is 6. The maximum Gasteiger partial charge on any atom is 0.329 e. The summed E-state index contributed by atoms with van der Waals surface area (Å²) in [4.78, 5) is 61.1. The number of hydrogen-bond acceptors (Lipinski definition) is 7. The number of benzene rings is 2. The van der Waals surface area contributed by atoms with Crippen LogP contribution in [-0.4, -0.2) is 65.1 Å². The first-order valence-electron chi connectivity index (χ1n) is 19.9. The number of amides is 3. The maximum atomic E-state index is 13.4. The third-order valence-electron chi connectivity index (χ3n) is 11.6. The summed E-state index contributed by atoms with van der Waals surface area (Å²) < 4.78 is 5.00. The van der Waals surface area contributed by atoms with E-state index in [0.29, 0.717) is 39.9 Å². The number of anilines is 1. The number of allylic oxidation sites excluding steroid dienone is 1. The van der Waals surface area contributed by atoms with Crippen molar-refractivity contribution in [3.63, 3.8) is 0 Å². The van der Waals surface area contributed by atoms with E-state index in [1.54, 1.807) is 7.05 Å². The number of nitrogens with one attached hydrogen (secondary N) is 3. The average molecular weight is 790 g/mol. The molecule has 13 nitrogen and oxygen atoms in total. The van der Waals surface area contributed by atoms with Gasteiger partial charge in [-0.1, -0.05) is 49.1 Å². The topological polar surface area (TPSA) is 152 Å². The second kappa shape index (κ2) is 16.1. The summed E-state index contributed by atoms with van der Waals surface area (Å²) in [6.45, 7) is 3.86. The van der Waals surface area contributed by atoms with Crippen LogP contribution >= 0.6 is 11.6 Å². The first-order valence-corrected chi connectivity index (χ1v) is 20.3. The largest absolute Gasteiger partial charge is 0.357 e. The summed E-state index contributed by atoms with van der Waals surface area (Å²) in [5.41, 5.74) is 6.41. The number of hydrogen-bond donors (Lipinski definition) is 3. The molecule has 6 heterocycles. The summed E-state index contributed by atoms with van der Waals surface area (Å²) in [6, 6.07) is 15.0. The highest BCUT2D eigenvalue weighted by atomic mass is 35.5. The number of likely N-dealkylation sites (tertiary alicyclic amines) is 1. The Kier molecular flexibility index (Phi) is 10.9. The van der Waals surface area contributed by atoms with Gasteiger partial charge in [0.1, 0.15) is 11.9 Å². The minimum Gasteiger partial charge on any atom is -0.357 e. The van der Waals surface area contributed by atoms with Crippen molar-refractivity contribution < 1.29 is 14.4 Å². The van der Waals surface area contributed by atoms with Gasteiger partial charge < -0.3 is 10.3 Å². The minimum absolute atomic E-state index is 0.196. The van der Waals surface area contributed by atoms with E-state index in [1.165, 1.54) is 21.2 Å². The number of H-pyrrole nitrogens is 1. The van der Waals surface area contributed by atoms with Gasteiger partial charge >= 0.3 is 5.69 Å². The van der Waals surface area contributed by atoms with Crippen molar-refractivity contribution in [1.82, 2.24) is 39.1 Å². The number of aryl methyl sites for hydroxylation is 3. The lowest BCUT2D eigenvalue weighted by Gasteiger charge is -2.21. The second-order valence-electron chi connectivity index (χ2n) is 15.5. The van der Waals surface area contributed by atoms with Crippen LogP contribution in [0.3, 0.4) is 0 Å². The van der Waals surface area contributed by atoms with Crippen LogP contribution in [0.2, 0.25) is 0 Å². The molecule has 3 amide bonds. The SMILES string of the molecule is Cc1nn(CCCCCCC/C=C(/Cl)c2ccc3c(c2)n(C)c(=O)n3C2CCC(=O)NC2=O)c2cc(C(=O)Nc3cc4[nH]c([C@H]5CCCN5C)cc4cn3)ccc12. The normalized spacial score (nSPS) is 18.0. The van der Waals surface area contributed by atoms with Crippen molar-refractivity contribution in [2.45, 2.75) is 89.8 Å². The molecule has 8 rings (SSSR count). The van der Waals surface area contributed by atoms with Crippen LogP contribution in [0.4, 0.5) is 5.82 Å². The number of nitrogens with zero attached hydrogens (tertiary/aromatic N) is 6. The number of rotatable bonds is 13. The van der Waals surface area contributed by atoms with Gasteiger partial charge in [0.25, 0.3) is 5.91 Å². The van der Waals surface area contributed by atoms with Crippen LogP contribution < -0.4 is 16.3 Å². The molecule has 1 unspecified atom stereocenters. The highest BCUT2D eigenvalue weighted by molar-refractivity contribution is 6.48. The van der Waals surface area contributed by atoms with E-state index < -0.39 is 11.9 Å². The molecule has 0 spiro atoms. The van der Waals surface area contributed by atoms with Gasteiger partial charge in [0.05, 0.1) is 27.8 Å². The van der Waals surface area contributed by atoms with Gasteiger partial charge in [-0.2, -0.15) is 5.10 Å². The van der Waals surface area contributed by atoms with Gasteiger partial charge in [0.2, 0.25) is 11.8 Å². The van der Waals surface area contributed by atoms with Gasteiger partial charge in [0, 0.05) is 65.4 Å². The molecule has 296 valence electrons. The third-order valence-corrected chi connectivity index (χ3v) is 12.0. The molecule has 0 aliphatic carbocycles. The summed E-state index contributed by atoms with van der Waals surface area (Å²) in [5.74, 6) is -0.469. The number of imide groups is 1. The Bertz CT molecular complexity index is 2610. The smallest absolute Gasteiger partial charge is 0.329 e. The summed E-state index contributed by atoms with van der Waals surface area (Å²) in [6.07, 6.45) is 12.6. The third kappa shape index (κ3) is 7.78. The van der Waals surface area contributed by atoms with Gasteiger partial charge in [-0.3, -0.25) is 38.4 Å². The first kappa shape index (κ1) is 38.3. The van der Waals surface area contributed by atoms with Crippen LogP contribution in [0.15, 0.2) is 65.6 Å². The van der Waals surface area contributed by atoms with E-state index >= 15 is 0 Å². The number of aromatic amines is 1. The Labute approximate surface area is 335 Å². The second-order valence-corrected chi connectivity index (χ2v) is 15.9. The average Bonchev–Trinajstić information content (AvgIpc) is 3.96. The quantitative estimate of drug-likeness (QED) is 0.0810. The van der Waals surface area contributed by atoms with E-state index in [-0.39, 0.29) is 23.9 Å². The monoisotopic (exact) mass is 789 g/mol. The zero-order valence-corrected chi connectivity index (χ0v) is 33.4. The Hall–Kier alpha value is -5.53. The molecule has 57 heavy (non-hydrogen) atoms. The van der Waals surface area contributed by atoms with Crippen molar-refractivity contribution in [3.8, 4) is 0 Å². The molecule has 0 bridgehead atoms. The van der Waals surface area contributed by atoms with Crippen molar-refractivity contribution in [1.29, 1.82) is 0 Å². The molecule has 2 fully saturated rings. The number of piperidine rings is 1. The highest BCUT2D eigenvalue weighted by Gasteiger charge is 2.31. The summed E-state index contributed by atoms with van der Waals surface area (Å²) >= 11 is 6.72. The molecule has 4 aromatic heterocycles. The Morgan fingerprint density at radius 3 is 2.53 bits per heavy atom. The van der Waals surface area contributed by atoms with Gasteiger partial charge in [-0.05, 0) is 94.9 Å². The molecule has 3 N–H and O–H groups in total. The van der Waals surface area contributed by atoms with Gasteiger partial charge in [-0.15, -0.1) is 0 Å². The van der Waals surface area contributed by atoms with E-state index in [0.717, 1.165) is 91.1 Å². The standard InChI is InChI=1S/C43H48ClN9O4/c1-26-30-15-13-28(41(55)47-39-24-32-29(25-45-39)21-33(46-32)34-12-10-19-50(34)2)23-37(30)52(49-26)20-9-7-5-4-6-8-11-31(44)27-14-16-35-38(22-27)51(3)43(57)53(35)36-17-18-40(54)48-42(36)56/h11,13-16,21-25,34,36,46H,4-10,12,17-20H2,1-3H3,(H,45,47,55)(H,48,54,56)/b31-11+/t34-,36?/m1/s1. The maximum absolute atomic E-state index is 13.4. The zero-order valence-electron chi connectivity index (χ0n) is 32.6. The van der Waals surface area contributed by atoms with E-state index in [1.807, 2.05) is 66.3 Å². The molecular weight excluding hydrogens is 742 g/mol. The fourth-order valence-corrected chi connectivity index (χ4v) is 8.69. The predicted molar refractivity (Wildman–Crippen MR) is 223 cm³/mol. The van der Waals surface area contributed by atoms with Crippen molar-refractivity contribution in [2.75, 3.05) is 18.9 Å². The summed E-state index contributed by atoms with van der Waals surface area (Å²) in [5, 5.41) is 12.8. The Balaban J connectivity index is 0.822. The predicted octanol–water partition coefficient (Wildman–Crippen LogP) is 7.49. The van der Waals surface area contributed by atoms with Gasteiger partial charge in [-0.25, -0.2) is 9.78 Å². The number of pyridine rings is 1. The van der Waals surface area contributed by atoms with Crippen LogP contribution in [-0.2, 0) is 23.2 Å². The van der Waals surface area contributed by atoms with Crippen LogP contribution in [0.5, 0.6) is 0 Å². The Morgan fingerprint density at radius 2 is 1.72 bits per heavy atom. The van der Waals surface area contributed by atoms with Crippen LogP contribution in [0, 0.1) is 6.92 Å². The Morgan fingerprint density at radius 1 is 0.930 bits per heavy atom. The van der Waals surface area contributed by atoms with E-state index in [4.69, 9.17) is 16.7 Å².